The summed E-state index contributed by atoms with van der Waals surface area (Å²) in [4.78, 5) is 18.5. The van der Waals surface area contributed by atoms with E-state index in [1.807, 2.05) is 26.8 Å². The van der Waals surface area contributed by atoms with Gasteiger partial charge in [-0.1, -0.05) is 11.6 Å². The van der Waals surface area contributed by atoms with Crippen LogP contribution in [-0.2, 0) is 11.3 Å². The fourth-order valence-electron chi connectivity index (χ4n) is 2.87. The molecule has 0 N–H and O–H groups in total. The second-order valence-corrected chi connectivity index (χ2v) is 7.15. The summed E-state index contributed by atoms with van der Waals surface area (Å²) in [7, 11) is 0. The van der Waals surface area contributed by atoms with Crippen molar-refractivity contribution in [1.29, 1.82) is 0 Å². The highest BCUT2D eigenvalue weighted by molar-refractivity contribution is 6.29. The minimum Gasteiger partial charge on any atom is -0.444 e. The molecule has 0 saturated heterocycles. The van der Waals surface area contributed by atoms with E-state index in [4.69, 9.17) is 16.3 Å². The lowest BCUT2D eigenvalue weighted by molar-refractivity contribution is 0.0175. The normalized spacial score (nSPS) is 18.4. The van der Waals surface area contributed by atoms with Crippen molar-refractivity contribution in [2.75, 3.05) is 6.54 Å². The van der Waals surface area contributed by atoms with E-state index < -0.39 is 5.60 Å². The maximum absolute atomic E-state index is 12.3. The molecular formula is C16H20ClN3O2. The zero-order valence-corrected chi connectivity index (χ0v) is 14.0. The Kier molecular flexibility index (Phi) is 3.56. The number of hydrogen-bond donors (Lipinski definition) is 0. The Morgan fingerprint density at radius 1 is 1.41 bits per heavy atom. The molecule has 3 rings (SSSR count). The highest BCUT2D eigenvalue weighted by Crippen LogP contribution is 2.30. The zero-order valence-electron chi connectivity index (χ0n) is 13.3. The first kappa shape index (κ1) is 15.2. The molecule has 1 aliphatic heterocycles. The molecule has 5 nitrogen and oxygen atoms in total. The molecule has 22 heavy (non-hydrogen) atoms. The van der Waals surface area contributed by atoms with Gasteiger partial charge in [0.25, 0.3) is 0 Å². The largest absolute Gasteiger partial charge is 0.444 e. The van der Waals surface area contributed by atoms with Crippen LogP contribution >= 0.6 is 11.6 Å². The number of aromatic nitrogens is 2. The fraction of sp³-hybridized carbons (Fsp3) is 0.500. The van der Waals surface area contributed by atoms with Crippen molar-refractivity contribution in [3.63, 3.8) is 0 Å². The van der Waals surface area contributed by atoms with E-state index in [1.54, 1.807) is 11.0 Å². The zero-order chi connectivity index (χ0) is 16.1. The van der Waals surface area contributed by atoms with E-state index >= 15 is 0 Å². The molecule has 0 aromatic carbocycles. The predicted octanol–water partition coefficient (Wildman–Crippen LogP) is 4.00. The average Bonchev–Trinajstić information content (AvgIpc) is 2.74. The molecular weight excluding hydrogens is 302 g/mol. The van der Waals surface area contributed by atoms with Crippen LogP contribution in [0.25, 0.3) is 11.0 Å². The Balaban J connectivity index is 1.93. The first-order valence-corrected chi connectivity index (χ1v) is 7.77. The molecule has 0 spiro atoms. The smallest absolute Gasteiger partial charge is 0.410 e. The molecule has 0 radical (unpaired) electrons. The van der Waals surface area contributed by atoms with E-state index in [1.165, 1.54) is 0 Å². The molecule has 1 atom stereocenters. The van der Waals surface area contributed by atoms with Crippen molar-refractivity contribution in [1.82, 2.24) is 14.5 Å². The molecule has 1 aliphatic rings. The van der Waals surface area contributed by atoms with Gasteiger partial charge in [0.05, 0.1) is 12.6 Å². The van der Waals surface area contributed by atoms with Gasteiger partial charge in [-0.25, -0.2) is 9.78 Å². The molecule has 0 aliphatic carbocycles. The maximum Gasteiger partial charge on any atom is 0.410 e. The summed E-state index contributed by atoms with van der Waals surface area (Å²) in [6, 6.07) is 5.93. The first-order valence-electron chi connectivity index (χ1n) is 7.39. The number of nitrogens with zero attached hydrogens (tertiary/aromatic N) is 3. The third-order valence-corrected chi connectivity index (χ3v) is 3.87. The van der Waals surface area contributed by atoms with Gasteiger partial charge in [0, 0.05) is 17.6 Å². The third-order valence-electron chi connectivity index (χ3n) is 3.66. The van der Waals surface area contributed by atoms with Crippen molar-refractivity contribution in [3.05, 3.63) is 29.0 Å². The predicted molar refractivity (Wildman–Crippen MR) is 86.1 cm³/mol. The lowest BCUT2D eigenvalue weighted by Crippen LogP contribution is -2.42. The van der Waals surface area contributed by atoms with Crippen molar-refractivity contribution >= 4 is 28.7 Å². The van der Waals surface area contributed by atoms with E-state index in [2.05, 4.69) is 22.5 Å². The van der Waals surface area contributed by atoms with E-state index in [0.29, 0.717) is 18.2 Å². The molecule has 2 aromatic heterocycles. The lowest BCUT2D eigenvalue weighted by Gasteiger charge is -2.34. The summed E-state index contributed by atoms with van der Waals surface area (Å²) < 4.78 is 7.63. The molecule has 0 bridgehead atoms. The molecule has 2 aromatic rings. The third kappa shape index (κ3) is 2.77. The van der Waals surface area contributed by atoms with Crippen LogP contribution in [0.1, 0.15) is 39.4 Å². The summed E-state index contributed by atoms with van der Waals surface area (Å²) >= 11 is 6.01. The number of fused-ring (bicyclic) bond motifs is 3. The van der Waals surface area contributed by atoms with Crippen LogP contribution in [0, 0.1) is 0 Å². The van der Waals surface area contributed by atoms with Crippen molar-refractivity contribution in [2.45, 2.75) is 45.9 Å². The van der Waals surface area contributed by atoms with Crippen molar-refractivity contribution in [3.8, 4) is 0 Å². The van der Waals surface area contributed by atoms with Gasteiger partial charge in [-0.05, 0) is 45.9 Å². The number of hydrogen-bond acceptors (Lipinski definition) is 3. The van der Waals surface area contributed by atoms with Gasteiger partial charge in [0.2, 0.25) is 0 Å². The Bertz CT molecular complexity index is 733. The standard InChI is InChI=1S/C16H20ClN3O2/c1-10-8-19(15(21)22-16(2,3)4)9-12-7-11-5-6-13(17)18-14(11)20(10)12/h5-7,10H,8-9H2,1-4H3. The summed E-state index contributed by atoms with van der Waals surface area (Å²) in [5.74, 6) is 0. The SMILES string of the molecule is CC1CN(C(=O)OC(C)(C)C)Cc2cc3ccc(Cl)nc3n21. The van der Waals surface area contributed by atoms with E-state index in [-0.39, 0.29) is 12.1 Å². The van der Waals surface area contributed by atoms with Gasteiger partial charge < -0.3 is 14.2 Å². The molecule has 0 fully saturated rings. The molecule has 0 saturated carbocycles. The van der Waals surface area contributed by atoms with Crippen LogP contribution in [0.2, 0.25) is 5.15 Å². The van der Waals surface area contributed by atoms with Crippen molar-refractivity contribution in [2.24, 2.45) is 0 Å². The number of rotatable bonds is 0. The Morgan fingerprint density at radius 2 is 2.14 bits per heavy atom. The van der Waals surface area contributed by atoms with Crippen LogP contribution in [0.15, 0.2) is 18.2 Å². The second kappa shape index (κ2) is 5.16. The van der Waals surface area contributed by atoms with Gasteiger partial charge in [-0.2, -0.15) is 0 Å². The summed E-state index contributed by atoms with van der Waals surface area (Å²) in [5.41, 5.74) is 1.44. The minimum atomic E-state index is -0.487. The topological polar surface area (TPSA) is 47.4 Å². The van der Waals surface area contributed by atoms with E-state index in [0.717, 1.165) is 16.7 Å². The highest BCUT2D eigenvalue weighted by atomic mass is 35.5. The quantitative estimate of drug-likeness (QED) is 0.689. The number of amides is 1. The highest BCUT2D eigenvalue weighted by Gasteiger charge is 2.30. The summed E-state index contributed by atoms with van der Waals surface area (Å²) in [6.07, 6.45) is -0.276. The molecule has 6 heteroatoms. The summed E-state index contributed by atoms with van der Waals surface area (Å²) in [5, 5.41) is 1.52. The van der Waals surface area contributed by atoms with Gasteiger partial charge in [0.1, 0.15) is 16.4 Å². The monoisotopic (exact) mass is 321 g/mol. The van der Waals surface area contributed by atoms with E-state index in [9.17, 15) is 4.79 Å². The van der Waals surface area contributed by atoms with Gasteiger partial charge in [0.15, 0.2) is 0 Å². The number of ether oxygens (including phenoxy) is 1. The van der Waals surface area contributed by atoms with Crippen LogP contribution in [0.3, 0.4) is 0 Å². The maximum atomic E-state index is 12.3. The Hall–Kier alpha value is -1.75. The number of halogens is 1. The molecule has 1 unspecified atom stereocenters. The van der Waals surface area contributed by atoms with Gasteiger partial charge in [-0.15, -0.1) is 0 Å². The molecule has 118 valence electrons. The van der Waals surface area contributed by atoms with Crippen LogP contribution in [0.4, 0.5) is 4.79 Å². The average molecular weight is 322 g/mol. The second-order valence-electron chi connectivity index (χ2n) is 6.76. The lowest BCUT2D eigenvalue weighted by atomic mass is 10.2. The Labute approximate surface area is 134 Å². The van der Waals surface area contributed by atoms with Crippen LogP contribution in [0.5, 0.6) is 0 Å². The number of carbonyl (C=O) groups is 1. The molecule has 3 heterocycles. The molecule has 1 amide bonds. The van der Waals surface area contributed by atoms with Crippen molar-refractivity contribution < 1.29 is 9.53 Å². The fourth-order valence-corrected chi connectivity index (χ4v) is 3.01. The van der Waals surface area contributed by atoms with Crippen LogP contribution < -0.4 is 0 Å². The van der Waals surface area contributed by atoms with Gasteiger partial charge in [-0.3, -0.25) is 0 Å². The van der Waals surface area contributed by atoms with Gasteiger partial charge >= 0.3 is 6.09 Å². The number of pyridine rings is 1. The first-order chi connectivity index (χ1) is 10.2. The minimum absolute atomic E-state index is 0.125. The Morgan fingerprint density at radius 3 is 2.82 bits per heavy atom. The van der Waals surface area contributed by atoms with Crippen LogP contribution in [-0.4, -0.2) is 32.7 Å². The number of carbonyl (C=O) groups excluding carboxylic acids is 1. The summed E-state index contributed by atoms with van der Waals surface area (Å²) in [6.45, 7) is 8.82.